The number of aromatic nitrogens is 2. The van der Waals surface area contributed by atoms with E-state index in [1.165, 1.54) is 0 Å². The van der Waals surface area contributed by atoms with Gasteiger partial charge in [0.05, 0.1) is 17.3 Å². The SMILES string of the molecule is Cn1ncc2cc(C(=O)OI)ccc21. The average molecular weight is 302 g/mol. The second kappa shape index (κ2) is 3.56. The molecule has 1 aromatic heterocycles. The molecule has 14 heavy (non-hydrogen) atoms. The lowest BCUT2D eigenvalue weighted by Gasteiger charge is -1.97. The topological polar surface area (TPSA) is 44.1 Å². The third-order valence-corrected chi connectivity index (χ3v) is 2.45. The fraction of sp³-hybridized carbons (Fsp3) is 0.111. The summed E-state index contributed by atoms with van der Waals surface area (Å²) in [7, 11) is 1.86. The Morgan fingerprint density at radius 3 is 3.07 bits per heavy atom. The third kappa shape index (κ3) is 1.47. The minimum absolute atomic E-state index is 0.337. The van der Waals surface area contributed by atoms with Crippen molar-refractivity contribution in [3.05, 3.63) is 30.0 Å². The van der Waals surface area contributed by atoms with E-state index in [-0.39, 0.29) is 5.97 Å². The molecule has 0 fully saturated rings. The first kappa shape index (κ1) is 9.45. The molecule has 0 aliphatic heterocycles. The van der Waals surface area contributed by atoms with E-state index in [9.17, 15) is 4.79 Å². The Morgan fingerprint density at radius 1 is 1.57 bits per heavy atom. The number of carbonyl (C=O) groups is 1. The highest BCUT2D eigenvalue weighted by molar-refractivity contribution is 14.1. The Kier molecular flexibility index (Phi) is 2.40. The number of hydrogen-bond donors (Lipinski definition) is 0. The van der Waals surface area contributed by atoms with Gasteiger partial charge in [-0.1, -0.05) is 0 Å². The Labute approximate surface area is 94.5 Å². The van der Waals surface area contributed by atoms with E-state index in [2.05, 4.69) is 8.16 Å². The van der Waals surface area contributed by atoms with Crippen LogP contribution in [0, 0.1) is 0 Å². The van der Waals surface area contributed by atoms with Crippen molar-refractivity contribution < 1.29 is 7.86 Å². The smallest absolute Gasteiger partial charge is 0.347 e. The molecule has 0 spiro atoms. The van der Waals surface area contributed by atoms with Gasteiger partial charge < -0.3 is 3.07 Å². The Hall–Kier alpha value is -1.11. The molecule has 0 N–H and O–H groups in total. The molecule has 0 aliphatic carbocycles. The van der Waals surface area contributed by atoms with E-state index in [1.54, 1.807) is 46.0 Å². The van der Waals surface area contributed by atoms with Gasteiger partial charge in [-0.15, -0.1) is 0 Å². The molecule has 2 aromatic rings. The summed E-state index contributed by atoms with van der Waals surface area (Å²) in [5, 5.41) is 5.02. The third-order valence-electron chi connectivity index (χ3n) is 2.05. The fourth-order valence-corrected chi connectivity index (χ4v) is 1.59. The van der Waals surface area contributed by atoms with Crippen molar-refractivity contribution in [3.8, 4) is 0 Å². The van der Waals surface area contributed by atoms with Gasteiger partial charge >= 0.3 is 5.97 Å². The summed E-state index contributed by atoms with van der Waals surface area (Å²) in [5.74, 6) is -0.337. The summed E-state index contributed by atoms with van der Waals surface area (Å²) in [5.41, 5.74) is 1.54. The fourth-order valence-electron chi connectivity index (χ4n) is 1.34. The Bertz CT molecular complexity index is 493. The maximum atomic E-state index is 11.2. The molecule has 0 saturated carbocycles. The van der Waals surface area contributed by atoms with Gasteiger partial charge in [-0.25, -0.2) is 4.79 Å². The minimum Gasteiger partial charge on any atom is -0.391 e. The summed E-state index contributed by atoms with van der Waals surface area (Å²) < 4.78 is 6.35. The number of aryl methyl sites for hydroxylation is 1. The summed E-state index contributed by atoms with van der Waals surface area (Å²) in [6, 6.07) is 5.35. The van der Waals surface area contributed by atoms with E-state index in [4.69, 9.17) is 0 Å². The van der Waals surface area contributed by atoms with Gasteiger partial charge in [0.25, 0.3) is 0 Å². The van der Waals surface area contributed by atoms with Gasteiger partial charge in [0.1, 0.15) is 0 Å². The van der Waals surface area contributed by atoms with E-state index in [0.717, 1.165) is 10.9 Å². The predicted octanol–water partition coefficient (Wildman–Crippen LogP) is 2.08. The van der Waals surface area contributed by atoms with Gasteiger partial charge in [0.15, 0.2) is 23.0 Å². The molecular formula is C9H7IN2O2. The maximum absolute atomic E-state index is 11.2. The largest absolute Gasteiger partial charge is 0.391 e. The van der Waals surface area contributed by atoms with Gasteiger partial charge in [-0.2, -0.15) is 5.10 Å². The highest BCUT2D eigenvalue weighted by Gasteiger charge is 2.07. The predicted molar refractivity (Wildman–Crippen MR) is 60.1 cm³/mol. The van der Waals surface area contributed by atoms with Crippen LogP contribution in [0.25, 0.3) is 10.9 Å². The van der Waals surface area contributed by atoms with Gasteiger partial charge in [-0.3, -0.25) is 4.68 Å². The second-order valence-corrected chi connectivity index (χ2v) is 3.35. The van der Waals surface area contributed by atoms with Crippen LogP contribution in [0.2, 0.25) is 0 Å². The van der Waals surface area contributed by atoms with E-state index in [1.807, 2.05) is 13.1 Å². The van der Waals surface area contributed by atoms with Crippen molar-refractivity contribution in [3.63, 3.8) is 0 Å². The first-order valence-corrected chi connectivity index (χ1v) is 4.85. The number of rotatable bonds is 1. The average Bonchev–Trinajstić information content (AvgIpc) is 2.59. The van der Waals surface area contributed by atoms with Crippen molar-refractivity contribution in [2.24, 2.45) is 7.05 Å². The van der Waals surface area contributed by atoms with Crippen LogP contribution < -0.4 is 0 Å². The molecule has 1 heterocycles. The summed E-state index contributed by atoms with van der Waals surface area (Å²) in [6.07, 6.45) is 1.72. The van der Waals surface area contributed by atoms with Crippen LogP contribution in [0.4, 0.5) is 0 Å². The molecule has 0 amide bonds. The number of fused-ring (bicyclic) bond motifs is 1. The van der Waals surface area contributed by atoms with Gasteiger partial charge in [-0.05, 0) is 18.2 Å². The molecule has 1 aromatic carbocycles. The van der Waals surface area contributed by atoms with E-state index >= 15 is 0 Å². The zero-order valence-electron chi connectivity index (χ0n) is 7.40. The number of benzene rings is 1. The lowest BCUT2D eigenvalue weighted by molar-refractivity contribution is 0.0800. The van der Waals surface area contributed by atoms with E-state index in [0.29, 0.717) is 5.56 Å². The van der Waals surface area contributed by atoms with Crippen molar-refractivity contribution in [2.45, 2.75) is 0 Å². The Morgan fingerprint density at radius 2 is 2.36 bits per heavy atom. The number of halogens is 1. The lowest BCUT2D eigenvalue weighted by atomic mass is 10.2. The van der Waals surface area contributed by atoms with E-state index < -0.39 is 0 Å². The number of carbonyl (C=O) groups excluding carboxylic acids is 1. The molecule has 72 valence electrons. The highest BCUT2D eigenvalue weighted by atomic mass is 127. The molecule has 0 bridgehead atoms. The zero-order valence-corrected chi connectivity index (χ0v) is 9.56. The van der Waals surface area contributed by atoms with Crippen molar-refractivity contribution in [1.29, 1.82) is 0 Å². The zero-order chi connectivity index (χ0) is 10.1. The van der Waals surface area contributed by atoms with Crippen molar-refractivity contribution in [2.75, 3.05) is 0 Å². The first-order chi connectivity index (χ1) is 6.72. The molecule has 0 radical (unpaired) electrons. The monoisotopic (exact) mass is 302 g/mol. The number of hydrogen-bond acceptors (Lipinski definition) is 3. The summed E-state index contributed by atoms with van der Waals surface area (Å²) in [6.45, 7) is 0. The highest BCUT2D eigenvalue weighted by Crippen LogP contribution is 2.15. The summed E-state index contributed by atoms with van der Waals surface area (Å²) >= 11 is 1.58. The lowest BCUT2D eigenvalue weighted by Crippen LogP contribution is -1.97. The normalized spacial score (nSPS) is 10.4. The summed E-state index contributed by atoms with van der Waals surface area (Å²) in [4.78, 5) is 11.2. The molecule has 0 atom stereocenters. The van der Waals surface area contributed by atoms with Crippen LogP contribution in [0.1, 0.15) is 10.4 Å². The molecule has 0 saturated heterocycles. The Balaban J connectivity index is 2.57. The quantitative estimate of drug-likeness (QED) is 0.758. The molecule has 2 rings (SSSR count). The van der Waals surface area contributed by atoms with Crippen LogP contribution in [-0.2, 0) is 10.1 Å². The van der Waals surface area contributed by atoms with Crippen LogP contribution in [0.5, 0.6) is 0 Å². The van der Waals surface area contributed by atoms with Crippen LogP contribution >= 0.6 is 23.0 Å². The van der Waals surface area contributed by atoms with Gasteiger partial charge in [0.2, 0.25) is 0 Å². The van der Waals surface area contributed by atoms with Crippen molar-refractivity contribution >= 4 is 39.9 Å². The first-order valence-electron chi connectivity index (χ1n) is 3.97. The number of nitrogens with zero attached hydrogens (tertiary/aromatic N) is 2. The standard InChI is InChI=1S/C9H7IN2O2/c1-12-8-3-2-6(9(13)14-10)4-7(8)5-11-12/h2-5H,1H3. The molecule has 0 aliphatic rings. The maximum Gasteiger partial charge on any atom is 0.347 e. The van der Waals surface area contributed by atoms with Gasteiger partial charge in [0, 0.05) is 12.4 Å². The molecule has 4 nitrogen and oxygen atoms in total. The van der Waals surface area contributed by atoms with Crippen LogP contribution in [-0.4, -0.2) is 15.7 Å². The van der Waals surface area contributed by atoms with Crippen LogP contribution in [0.3, 0.4) is 0 Å². The molecule has 5 heteroatoms. The van der Waals surface area contributed by atoms with Crippen molar-refractivity contribution in [1.82, 2.24) is 9.78 Å². The second-order valence-electron chi connectivity index (χ2n) is 2.91. The molecule has 0 unspecified atom stereocenters. The van der Waals surface area contributed by atoms with Crippen LogP contribution in [0.15, 0.2) is 24.4 Å². The minimum atomic E-state index is -0.337. The molecular weight excluding hydrogens is 295 g/mol.